The van der Waals surface area contributed by atoms with E-state index in [-0.39, 0.29) is 12.5 Å². The topological polar surface area (TPSA) is 90.0 Å². The molecular formula is C12H21N3O4. The van der Waals surface area contributed by atoms with Gasteiger partial charge in [-0.3, -0.25) is 4.79 Å². The lowest BCUT2D eigenvalue weighted by Gasteiger charge is -2.23. The molecule has 0 aliphatic carbocycles. The smallest absolute Gasteiger partial charge is 0.326 e. The highest BCUT2D eigenvalue weighted by Gasteiger charge is 2.23. The fourth-order valence-electron chi connectivity index (χ4n) is 1.94. The van der Waals surface area contributed by atoms with Crippen LogP contribution in [0.1, 0.15) is 26.2 Å². The standard InChI is InChI=1S/C12H21N3O4/c1-3-9(11(17)18)13-12(19)14(2)8-10(16)15-6-4-5-7-15/h9H,3-8H2,1-2H3,(H,13,19)(H,17,18). The summed E-state index contributed by atoms with van der Waals surface area (Å²) in [6.45, 7) is 3.12. The fourth-order valence-corrected chi connectivity index (χ4v) is 1.94. The molecule has 7 heteroatoms. The van der Waals surface area contributed by atoms with E-state index in [0.717, 1.165) is 25.9 Å². The Hall–Kier alpha value is -1.79. The molecule has 1 rings (SSSR count). The van der Waals surface area contributed by atoms with Crippen molar-refractivity contribution >= 4 is 17.9 Å². The summed E-state index contributed by atoms with van der Waals surface area (Å²) in [4.78, 5) is 37.3. The second-order valence-electron chi connectivity index (χ2n) is 4.69. The highest BCUT2D eigenvalue weighted by atomic mass is 16.4. The molecule has 1 heterocycles. The molecule has 1 unspecified atom stereocenters. The van der Waals surface area contributed by atoms with Crippen LogP contribution in [-0.4, -0.2) is 65.5 Å². The summed E-state index contributed by atoms with van der Waals surface area (Å²) in [6, 6.07) is -1.46. The molecule has 108 valence electrons. The Morgan fingerprint density at radius 1 is 1.32 bits per heavy atom. The largest absolute Gasteiger partial charge is 0.480 e. The van der Waals surface area contributed by atoms with Gasteiger partial charge in [-0.15, -0.1) is 0 Å². The van der Waals surface area contributed by atoms with Gasteiger partial charge in [0.2, 0.25) is 5.91 Å². The first-order valence-electron chi connectivity index (χ1n) is 6.48. The van der Waals surface area contributed by atoms with Crippen LogP contribution in [0.25, 0.3) is 0 Å². The van der Waals surface area contributed by atoms with Crippen molar-refractivity contribution in [1.29, 1.82) is 0 Å². The molecule has 19 heavy (non-hydrogen) atoms. The van der Waals surface area contributed by atoms with Crippen LogP contribution in [0, 0.1) is 0 Å². The Morgan fingerprint density at radius 2 is 1.89 bits per heavy atom. The van der Waals surface area contributed by atoms with Crippen LogP contribution >= 0.6 is 0 Å². The van der Waals surface area contributed by atoms with Crippen molar-refractivity contribution in [2.75, 3.05) is 26.7 Å². The summed E-state index contributed by atoms with van der Waals surface area (Å²) in [5.41, 5.74) is 0. The third-order valence-electron chi connectivity index (χ3n) is 3.18. The van der Waals surface area contributed by atoms with Crippen molar-refractivity contribution in [2.45, 2.75) is 32.2 Å². The number of likely N-dealkylation sites (tertiary alicyclic amines) is 1. The van der Waals surface area contributed by atoms with E-state index in [0.29, 0.717) is 6.42 Å². The van der Waals surface area contributed by atoms with Crippen LogP contribution in [0.15, 0.2) is 0 Å². The number of carboxylic acids is 1. The zero-order valence-electron chi connectivity index (χ0n) is 11.4. The highest BCUT2D eigenvalue weighted by molar-refractivity contribution is 5.86. The Bertz CT molecular complexity index is 353. The van der Waals surface area contributed by atoms with Gasteiger partial charge in [-0.25, -0.2) is 9.59 Å². The Kier molecular flexibility index (Phi) is 5.59. The van der Waals surface area contributed by atoms with Crippen molar-refractivity contribution in [3.8, 4) is 0 Å². The number of likely N-dealkylation sites (N-methyl/N-ethyl adjacent to an activating group) is 1. The zero-order valence-corrected chi connectivity index (χ0v) is 11.4. The number of rotatable bonds is 5. The van der Waals surface area contributed by atoms with Gasteiger partial charge in [0.15, 0.2) is 0 Å². The molecule has 0 bridgehead atoms. The van der Waals surface area contributed by atoms with E-state index >= 15 is 0 Å². The Labute approximate surface area is 112 Å². The molecule has 1 aliphatic rings. The molecule has 0 saturated carbocycles. The van der Waals surface area contributed by atoms with Crippen molar-refractivity contribution < 1.29 is 19.5 Å². The molecule has 0 aromatic rings. The number of carbonyl (C=O) groups excluding carboxylic acids is 2. The second-order valence-corrected chi connectivity index (χ2v) is 4.69. The third-order valence-corrected chi connectivity index (χ3v) is 3.18. The summed E-state index contributed by atoms with van der Waals surface area (Å²) in [5.74, 6) is -1.17. The Balaban J connectivity index is 2.43. The summed E-state index contributed by atoms with van der Waals surface area (Å²) in [5, 5.41) is 11.2. The average Bonchev–Trinajstić information content (AvgIpc) is 2.88. The molecule has 1 saturated heterocycles. The molecule has 0 aromatic carbocycles. The molecule has 0 aromatic heterocycles. The summed E-state index contributed by atoms with van der Waals surface area (Å²) < 4.78 is 0. The van der Waals surface area contributed by atoms with E-state index in [1.807, 2.05) is 0 Å². The van der Waals surface area contributed by atoms with Crippen LogP contribution < -0.4 is 5.32 Å². The summed E-state index contributed by atoms with van der Waals surface area (Å²) >= 11 is 0. The lowest BCUT2D eigenvalue weighted by atomic mass is 10.2. The highest BCUT2D eigenvalue weighted by Crippen LogP contribution is 2.07. The van der Waals surface area contributed by atoms with Crippen molar-refractivity contribution in [3.63, 3.8) is 0 Å². The summed E-state index contributed by atoms with van der Waals surface area (Å²) in [6.07, 6.45) is 2.30. The van der Waals surface area contributed by atoms with Crippen LogP contribution in [0.3, 0.4) is 0 Å². The number of carbonyl (C=O) groups is 3. The molecule has 0 radical (unpaired) electrons. The van der Waals surface area contributed by atoms with E-state index < -0.39 is 18.0 Å². The van der Waals surface area contributed by atoms with Crippen molar-refractivity contribution in [3.05, 3.63) is 0 Å². The molecular weight excluding hydrogens is 250 g/mol. The first-order valence-corrected chi connectivity index (χ1v) is 6.48. The first-order chi connectivity index (χ1) is 8.95. The average molecular weight is 271 g/mol. The van der Waals surface area contributed by atoms with Crippen LogP contribution in [-0.2, 0) is 9.59 Å². The van der Waals surface area contributed by atoms with Crippen LogP contribution in [0.5, 0.6) is 0 Å². The number of amides is 3. The first kappa shape index (κ1) is 15.3. The van der Waals surface area contributed by atoms with Gasteiger partial charge in [0.25, 0.3) is 0 Å². The maximum absolute atomic E-state index is 11.8. The third kappa shape index (κ3) is 4.42. The lowest BCUT2D eigenvalue weighted by Crippen LogP contribution is -2.49. The van der Waals surface area contributed by atoms with E-state index in [1.54, 1.807) is 11.8 Å². The number of aliphatic carboxylic acids is 1. The minimum atomic E-state index is -1.07. The number of carboxylic acid groups (broad SMARTS) is 1. The second kappa shape index (κ2) is 6.96. The normalized spacial score (nSPS) is 16.0. The molecule has 3 amide bonds. The minimum absolute atomic E-state index is 0.0259. The number of nitrogens with zero attached hydrogens (tertiary/aromatic N) is 2. The van der Waals surface area contributed by atoms with Gasteiger partial charge in [-0.1, -0.05) is 6.92 Å². The lowest BCUT2D eigenvalue weighted by molar-refractivity contribution is -0.139. The van der Waals surface area contributed by atoms with E-state index in [1.165, 1.54) is 11.9 Å². The Morgan fingerprint density at radius 3 is 2.37 bits per heavy atom. The number of hydrogen-bond donors (Lipinski definition) is 2. The molecule has 7 nitrogen and oxygen atoms in total. The van der Waals surface area contributed by atoms with Crippen LogP contribution in [0.4, 0.5) is 4.79 Å². The van der Waals surface area contributed by atoms with E-state index in [4.69, 9.17) is 5.11 Å². The van der Waals surface area contributed by atoms with E-state index in [2.05, 4.69) is 5.32 Å². The van der Waals surface area contributed by atoms with Gasteiger partial charge >= 0.3 is 12.0 Å². The molecule has 1 atom stereocenters. The van der Waals surface area contributed by atoms with E-state index in [9.17, 15) is 14.4 Å². The maximum Gasteiger partial charge on any atom is 0.326 e. The molecule has 1 aliphatic heterocycles. The monoisotopic (exact) mass is 271 g/mol. The molecule has 2 N–H and O–H groups in total. The zero-order chi connectivity index (χ0) is 14.4. The SMILES string of the molecule is CCC(NC(=O)N(C)CC(=O)N1CCCC1)C(=O)O. The van der Waals surface area contributed by atoms with Crippen molar-refractivity contribution in [2.24, 2.45) is 0 Å². The number of nitrogens with one attached hydrogen (secondary N) is 1. The van der Waals surface area contributed by atoms with Crippen molar-refractivity contribution in [1.82, 2.24) is 15.1 Å². The predicted molar refractivity (Wildman–Crippen MR) is 68.7 cm³/mol. The van der Waals surface area contributed by atoms with Crippen LogP contribution in [0.2, 0.25) is 0 Å². The summed E-state index contributed by atoms with van der Waals surface area (Å²) in [7, 11) is 1.48. The van der Waals surface area contributed by atoms with Gasteiger partial charge < -0.3 is 20.2 Å². The number of urea groups is 1. The minimum Gasteiger partial charge on any atom is -0.480 e. The molecule has 0 spiro atoms. The molecule has 1 fully saturated rings. The van der Waals surface area contributed by atoms with Gasteiger partial charge in [-0.05, 0) is 19.3 Å². The van der Waals surface area contributed by atoms with Gasteiger partial charge in [0.05, 0.1) is 0 Å². The van der Waals surface area contributed by atoms with Gasteiger partial charge in [-0.2, -0.15) is 0 Å². The van der Waals surface area contributed by atoms with Gasteiger partial charge in [0.1, 0.15) is 12.6 Å². The predicted octanol–water partition coefficient (Wildman–Crippen LogP) is 0.113. The quantitative estimate of drug-likeness (QED) is 0.743. The fraction of sp³-hybridized carbons (Fsp3) is 0.750. The van der Waals surface area contributed by atoms with Gasteiger partial charge in [0, 0.05) is 20.1 Å². The number of hydrogen-bond acceptors (Lipinski definition) is 3. The maximum atomic E-state index is 11.8.